The highest BCUT2D eigenvalue weighted by Crippen LogP contribution is 2.34. The summed E-state index contributed by atoms with van der Waals surface area (Å²) < 4.78 is 28.2. The summed E-state index contributed by atoms with van der Waals surface area (Å²) in [6.07, 6.45) is 2.31. The number of hydrogen-bond donors (Lipinski definition) is 0. The molecule has 0 bridgehead atoms. The number of hydrogen-bond acceptors (Lipinski definition) is 9. The molecule has 0 saturated carbocycles. The minimum Gasteiger partial charge on any atom is -0.496 e. The second kappa shape index (κ2) is 12.6. The largest absolute Gasteiger partial charge is 0.496 e. The topological polar surface area (TPSA) is 134 Å². The van der Waals surface area contributed by atoms with Crippen molar-refractivity contribution in [3.8, 4) is 16.8 Å². The van der Waals surface area contributed by atoms with Crippen molar-refractivity contribution in [2.45, 2.75) is 59.2 Å². The van der Waals surface area contributed by atoms with Crippen molar-refractivity contribution in [2.24, 2.45) is 5.92 Å². The number of methoxy groups -OCH3 is 1. The van der Waals surface area contributed by atoms with Crippen molar-refractivity contribution in [3.63, 3.8) is 0 Å². The Kier molecular flexibility index (Phi) is 9.14. The van der Waals surface area contributed by atoms with E-state index in [0.29, 0.717) is 26.7 Å². The molecule has 2 atom stereocenters. The molecule has 0 spiro atoms. The predicted octanol–water partition coefficient (Wildman–Crippen LogP) is 4.11. The SMILES string of the molecule is COc1ccc(F)cc1[C@H](Cn1c(=O)n([C@@H](C)C(=O)CC(C)C)c(=O)c2c(C)c(-n3nccn3)sc21)OCCC#N. The molecule has 0 fully saturated rings. The third-order valence-electron chi connectivity index (χ3n) is 6.70. The number of carbonyl (C=O) groups is 1. The van der Waals surface area contributed by atoms with E-state index in [1.807, 2.05) is 19.9 Å². The van der Waals surface area contributed by atoms with Gasteiger partial charge in [0.05, 0.1) is 56.6 Å². The van der Waals surface area contributed by atoms with Crippen molar-refractivity contribution in [1.29, 1.82) is 5.26 Å². The van der Waals surface area contributed by atoms with Crippen LogP contribution in [0, 0.1) is 30.0 Å². The van der Waals surface area contributed by atoms with Gasteiger partial charge in [-0.25, -0.2) is 13.8 Å². The van der Waals surface area contributed by atoms with E-state index in [0.717, 1.165) is 15.9 Å². The van der Waals surface area contributed by atoms with Crippen LogP contribution in [0.5, 0.6) is 5.75 Å². The zero-order valence-electron chi connectivity index (χ0n) is 23.5. The Morgan fingerprint density at radius 3 is 2.54 bits per heavy atom. The van der Waals surface area contributed by atoms with Crippen LogP contribution in [0.1, 0.15) is 56.9 Å². The van der Waals surface area contributed by atoms with E-state index >= 15 is 0 Å². The van der Waals surface area contributed by atoms with Gasteiger partial charge in [0, 0.05) is 17.5 Å². The van der Waals surface area contributed by atoms with E-state index < -0.39 is 29.2 Å². The molecule has 3 heterocycles. The van der Waals surface area contributed by atoms with E-state index in [4.69, 9.17) is 14.7 Å². The van der Waals surface area contributed by atoms with Gasteiger partial charge in [0.15, 0.2) is 5.78 Å². The van der Waals surface area contributed by atoms with Crippen molar-refractivity contribution in [1.82, 2.24) is 24.1 Å². The Labute approximate surface area is 239 Å². The number of thiophene rings is 1. The van der Waals surface area contributed by atoms with Crippen LogP contribution in [0.25, 0.3) is 15.2 Å². The standard InChI is InChI=1S/C28H31FN6O5S/c1-16(2)13-21(36)18(4)34-25(37)24-17(3)26(35-31-10-11-32-35)41-27(24)33(28(34)38)15-23(40-12-6-9-30)20-14-19(29)7-8-22(20)39-5/h7-8,10-11,14,16,18,23H,6,12-13,15H2,1-5H3/t18-,23-/m0/s1. The third kappa shape index (κ3) is 5.98. The predicted molar refractivity (Wildman–Crippen MR) is 151 cm³/mol. The van der Waals surface area contributed by atoms with Gasteiger partial charge >= 0.3 is 5.69 Å². The van der Waals surface area contributed by atoms with E-state index in [9.17, 15) is 18.8 Å². The van der Waals surface area contributed by atoms with Gasteiger partial charge in [-0.05, 0) is 38.0 Å². The summed E-state index contributed by atoms with van der Waals surface area (Å²) in [6, 6.07) is 4.93. The van der Waals surface area contributed by atoms with E-state index in [-0.39, 0.29) is 43.1 Å². The molecule has 0 unspecified atom stereocenters. The number of aryl methyl sites for hydroxylation is 1. The fourth-order valence-corrected chi connectivity index (χ4v) is 5.91. The number of carbonyl (C=O) groups excluding carboxylic acids is 1. The Bertz CT molecular complexity index is 1720. The highest BCUT2D eigenvalue weighted by Gasteiger charge is 2.29. The summed E-state index contributed by atoms with van der Waals surface area (Å²) in [5.74, 6) is -0.426. The number of ether oxygens (including phenoxy) is 2. The molecule has 0 aliphatic rings. The lowest BCUT2D eigenvalue weighted by atomic mass is 10.0. The van der Waals surface area contributed by atoms with E-state index in [2.05, 4.69) is 10.2 Å². The zero-order chi connectivity index (χ0) is 29.8. The maximum Gasteiger partial charge on any atom is 0.332 e. The summed E-state index contributed by atoms with van der Waals surface area (Å²) in [4.78, 5) is 42.7. The number of fused-ring (bicyclic) bond motifs is 1. The highest BCUT2D eigenvalue weighted by atomic mass is 32.1. The maximum absolute atomic E-state index is 14.4. The second-order valence-electron chi connectivity index (χ2n) is 9.99. The maximum atomic E-state index is 14.4. The van der Waals surface area contributed by atoms with Gasteiger partial charge in [0.25, 0.3) is 5.56 Å². The van der Waals surface area contributed by atoms with E-state index in [1.165, 1.54) is 54.0 Å². The molecule has 216 valence electrons. The first kappa shape index (κ1) is 29.8. The van der Waals surface area contributed by atoms with Crippen LogP contribution in [-0.2, 0) is 16.1 Å². The monoisotopic (exact) mass is 582 g/mol. The molecule has 0 aliphatic heterocycles. The molecule has 0 N–H and O–H groups in total. The fraction of sp³-hybridized carbons (Fsp3) is 0.429. The number of Topliss-reactive ketones (excluding diaryl/α,β-unsaturated/α-hetero) is 1. The first-order chi connectivity index (χ1) is 19.6. The van der Waals surface area contributed by atoms with Gasteiger partial charge < -0.3 is 9.47 Å². The minimum absolute atomic E-state index is 0.00751. The van der Waals surface area contributed by atoms with Crippen molar-refractivity contribution < 1.29 is 18.7 Å². The number of nitrogens with zero attached hydrogens (tertiary/aromatic N) is 6. The normalized spacial score (nSPS) is 12.9. The summed E-state index contributed by atoms with van der Waals surface area (Å²) in [6.45, 7) is 6.89. The molecule has 0 saturated heterocycles. The van der Waals surface area contributed by atoms with E-state index in [1.54, 1.807) is 6.92 Å². The summed E-state index contributed by atoms with van der Waals surface area (Å²) >= 11 is 1.14. The van der Waals surface area contributed by atoms with Crippen molar-refractivity contribution >= 4 is 27.3 Å². The highest BCUT2D eigenvalue weighted by molar-refractivity contribution is 7.21. The lowest BCUT2D eigenvalue weighted by Gasteiger charge is -2.23. The Morgan fingerprint density at radius 2 is 1.90 bits per heavy atom. The van der Waals surface area contributed by atoms with Gasteiger partial charge in [-0.3, -0.25) is 14.2 Å². The fourth-order valence-electron chi connectivity index (χ4n) is 4.69. The molecule has 0 aliphatic carbocycles. The lowest BCUT2D eigenvalue weighted by Crippen LogP contribution is -2.44. The number of rotatable bonds is 12. The molecule has 11 nitrogen and oxygen atoms in total. The minimum atomic E-state index is -1.03. The number of benzene rings is 1. The molecule has 0 radical (unpaired) electrons. The average Bonchev–Trinajstić information content (AvgIpc) is 3.58. The molecular formula is C28H31FN6O5S. The molecule has 3 aromatic heterocycles. The Morgan fingerprint density at radius 1 is 1.20 bits per heavy atom. The van der Waals surface area contributed by atoms with Crippen LogP contribution in [0.3, 0.4) is 0 Å². The zero-order valence-corrected chi connectivity index (χ0v) is 24.3. The summed E-state index contributed by atoms with van der Waals surface area (Å²) in [5, 5.41) is 18.2. The van der Waals surface area contributed by atoms with Gasteiger partial charge in [-0.1, -0.05) is 25.2 Å². The quantitative estimate of drug-likeness (QED) is 0.228. The lowest BCUT2D eigenvalue weighted by molar-refractivity contribution is -0.122. The molecule has 4 rings (SSSR count). The van der Waals surface area contributed by atoms with Gasteiger partial charge in [-0.2, -0.15) is 15.5 Å². The number of ketones is 1. The van der Waals surface area contributed by atoms with Crippen LogP contribution in [0.15, 0.2) is 40.2 Å². The third-order valence-corrected chi connectivity index (χ3v) is 7.98. The van der Waals surface area contributed by atoms with Crippen LogP contribution in [0.4, 0.5) is 4.39 Å². The number of halogens is 1. The molecule has 1 aromatic carbocycles. The van der Waals surface area contributed by atoms with Crippen LogP contribution < -0.4 is 16.0 Å². The summed E-state index contributed by atoms with van der Waals surface area (Å²) in [7, 11) is 1.43. The van der Waals surface area contributed by atoms with Gasteiger partial charge in [-0.15, -0.1) is 4.80 Å². The van der Waals surface area contributed by atoms with Crippen molar-refractivity contribution in [2.75, 3.05) is 13.7 Å². The first-order valence-electron chi connectivity index (χ1n) is 13.1. The van der Waals surface area contributed by atoms with Crippen LogP contribution in [0.2, 0.25) is 0 Å². The molecule has 13 heteroatoms. The summed E-state index contributed by atoms with van der Waals surface area (Å²) in [5.41, 5.74) is -0.433. The Hall–Kier alpha value is -4.15. The van der Waals surface area contributed by atoms with Crippen molar-refractivity contribution in [3.05, 3.63) is 68.4 Å². The van der Waals surface area contributed by atoms with Crippen LogP contribution in [-0.4, -0.2) is 43.6 Å². The first-order valence-corrected chi connectivity index (χ1v) is 13.9. The number of aromatic nitrogens is 5. The van der Waals surface area contributed by atoms with Gasteiger partial charge in [0.2, 0.25) is 0 Å². The molecule has 4 aromatic rings. The average molecular weight is 583 g/mol. The van der Waals surface area contributed by atoms with Crippen LogP contribution >= 0.6 is 11.3 Å². The molecule has 41 heavy (non-hydrogen) atoms. The Balaban J connectivity index is 1.99. The number of nitriles is 1. The van der Waals surface area contributed by atoms with Gasteiger partial charge in [0.1, 0.15) is 27.5 Å². The molecular weight excluding hydrogens is 551 g/mol. The molecule has 0 amide bonds. The smallest absolute Gasteiger partial charge is 0.332 e. The second-order valence-corrected chi connectivity index (χ2v) is 11.0.